The van der Waals surface area contributed by atoms with Gasteiger partial charge in [-0.3, -0.25) is 4.79 Å². The van der Waals surface area contributed by atoms with Gasteiger partial charge in [0.15, 0.2) is 0 Å². The summed E-state index contributed by atoms with van der Waals surface area (Å²) >= 11 is 0. The van der Waals surface area contributed by atoms with Crippen LogP contribution in [0.3, 0.4) is 0 Å². The second-order valence-corrected chi connectivity index (χ2v) is 12.2. The lowest BCUT2D eigenvalue weighted by molar-refractivity contribution is -0.137. The van der Waals surface area contributed by atoms with Crippen molar-refractivity contribution >= 4 is 29.1 Å². The van der Waals surface area contributed by atoms with Gasteiger partial charge in [-0.25, -0.2) is 9.78 Å². The van der Waals surface area contributed by atoms with E-state index in [2.05, 4.69) is 43.2 Å². The first-order chi connectivity index (χ1) is 18.8. The molecular formula is C31H41N3O5. The fourth-order valence-corrected chi connectivity index (χ4v) is 6.51. The number of hydrogen-bond donors (Lipinski definition) is 1. The monoisotopic (exact) mass is 535 g/mol. The summed E-state index contributed by atoms with van der Waals surface area (Å²) in [5.41, 5.74) is 2.26. The molecule has 3 heterocycles. The Labute approximate surface area is 230 Å². The Morgan fingerprint density at radius 3 is 2.69 bits per heavy atom. The number of nitrogens with one attached hydrogen (secondary N) is 1. The highest BCUT2D eigenvalue weighted by Crippen LogP contribution is 2.34. The number of carbonyl (C=O) groups excluding carboxylic acids is 3. The van der Waals surface area contributed by atoms with Crippen LogP contribution in [0.4, 0.5) is 4.79 Å². The molecule has 2 aliphatic heterocycles. The van der Waals surface area contributed by atoms with E-state index in [0.717, 1.165) is 68.4 Å². The van der Waals surface area contributed by atoms with E-state index < -0.39 is 18.2 Å². The van der Waals surface area contributed by atoms with Crippen LogP contribution >= 0.6 is 0 Å². The Morgan fingerprint density at radius 1 is 1.15 bits per heavy atom. The number of fused-ring (bicyclic) bond motifs is 3. The Balaban J connectivity index is 1.51. The molecule has 3 atom stereocenters. The lowest BCUT2D eigenvalue weighted by Crippen LogP contribution is -2.53. The van der Waals surface area contributed by atoms with Gasteiger partial charge in [0, 0.05) is 18.0 Å². The number of carbonyl (C=O) groups is 3. The smallest absolute Gasteiger partial charge is 0.407 e. The SMILES string of the molecule is CCc1cc2cc3c(nccc13)O[C@@H]1C[C@@H](C=O)N(C1)C(=O)[C@H](C1CCCC1)NC(=O)OCC(C)(C)CCC2. The van der Waals surface area contributed by atoms with Gasteiger partial charge in [0.1, 0.15) is 18.4 Å². The fourth-order valence-electron chi connectivity index (χ4n) is 6.51. The van der Waals surface area contributed by atoms with Gasteiger partial charge in [0.25, 0.3) is 0 Å². The summed E-state index contributed by atoms with van der Waals surface area (Å²) < 4.78 is 12.1. The third-order valence-corrected chi connectivity index (χ3v) is 8.72. The van der Waals surface area contributed by atoms with E-state index in [-0.39, 0.29) is 36.5 Å². The van der Waals surface area contributed by atoms with Crippen molar-refractivity contribution in [2.24, 2.45) is 11.3 Å². The summed E-state index contributed by atoms with van der Waals surface area (Å²) in [6.07, 6.45) is 9.45. The van der Waals surface area contributed by atoms with Crippen molar-refractivity contribution in [3.63, 3.8) is 0 Å². The van der Waals surface area contributed by atoms with Gasteiger partial charge in [-0.15, -0.1) is 0 Å². The topological polar surface area (TPSA) is 97.8 Å². The number of aromatic nitrogens is 1. The van der Waals surface area contributed by atoms with Crippen molar-refractivity contribution in [1.82, 2.24) is 15.2 Å². The summed E-state index contributed by atoms with van der Waals surface area (Å²) in [4.78, 5) is 45.1. The van der Waals surface area contributed by atoms with Crippen molar-refractivity contribution < 1.29 is 23.9 Å². The van der Waals surface area contributed by atoms with Gasteiger partial charge < -0.3 is 24.5 Å². The first-order valence-electron chi connectivity index (χ1n) is 14.5. The molecule has 8 heteroatoms. The molecule has 2 fully saturated rings. The van der Waals surface area contributed by atoms with Crippen LogP contribution in [-0.4, -0.2) is 59.5 Å². The van der Waals surface area contributed by atoms with Gasteiger partial charge >= 0.3 is 6.09 Å². The van der Waals surface area contributed by atoms with E-state index in [9.17, 15) is 14.4 Å². The number of rotatable bonds is 3. The van der Waals surface area contributed by atoms with Crippen molar-refractivity contribution in [2.75, 3.05) is 13.2 Å². The van der Waals surface area contributed by atoms with E-state index in [0.29, 0.717) is 12.3 Å². The molecule has 4 bridgehead atoms. The summed E-state index contributed by atoms with van der Waals surface area (Å²) in [7, 11) is 0. The number of hydrogen-bond acceptors (Lipinski definition) is 6. The Morgan fingerprint density at radius 2 is 1.95 bits per heavy atom. The van der Waals surface area contributed by atoms with Gasteiger partial charge in [-0.2, -0.15) is 0 Å². The Bertz CT molecular complexity index is 1220. The lowest BCUT2D eigenvalue weighted by atomic mass is 9.87. The molecule has 210 valence electrons. The normalized spacial score (nSPS) is 26.5. The van der Waals surface area contributed by atoms with Gasteiger partial charge in [-0.1, -0.05) is 39.7 Å². The molecule has 0 radical (unpaired) electrons. The molecule has 1 N–H and O–H groups in total. The van der Waals surface area contributed by atoms with Crippen molar-refractivity contribution in [1.29, 1.82) is 0 Å². The van der Waals surface area contributed by atoms with Gasteiger partial charge in [0.05, 0.1) is 19.2 Å². The zero-order valence-corrected chi connectivity index (χ0v) is 23.4. The number of aldehydes is 1. The van der Waals surface area contributed by atoms with Gasteiger partial charge in [0.2, 0.25) is 11.8 Å². The summed E-state index contributed by atoms with van der Waals surface area (Å²) in [5.74, 6) is 0.342. The summed E-state index contributed by atoms with van der Waals surface area (Å²) in [5, 5.41) is 4.98. The van der Waals surface area contributed by atoms with E-state index in [1.165, 1.54) is 11.1 Å². The number of aryl methyl sites for hydroxylation is 2. The number of pyridine rings is 1. The standard InChI is InChI=1S/C31H41N3O5/c1-4-21-14-20-8-7-12-31(2,3)19-38-30(37)33-27(22-9-5-6-10-22)29(36)34-17-24(16-23(34)18-35)39-28-26(15-20)25(21)11-13-32-28/h11,13-15,18,22-24,27H,4-10,12,16-17,19H2,1-3H3,(H,33,37)/t23-,24+,27-/m0/s1. The van der Waals surface area contributed by atoms with E-state index >= 15 is 0 Å². The average molecular weight is 536 g/mol. The Kier molecular flexibility index (Phi) is 8.10. The molecule has 2 amide bonds. The van der Waals surface area contributed by atoms with Crippen LogP contribution < -0.4 is 10.1 Å². The maximum Gasteiger partial charge on any atom is 0.407 e. The van der Waals surface area contributed by atoms with Crippen LogP contribution in [0.5, 0.6) is 5.88 Å². The molecule has 2 aromatic rings. The van der Waals surface area contributed by atoms with Crippen LogP contribution in [-0.2, 0) is 27.2 Å². The second-order valence-electron chi connectivity index (χ2n) is 12.2. The third-order valence-electron chi connectivity index (χ3n) is 8.72. The predicted octanol–water partition coefficient (Wildman–Crippen LogP) is 4.99. The number of alkyl carbamates (subject to hydrolysis) is 1. The van der Waals surface area contributed by atoms with Crippen LogP contribution in [0.15, 0.2) is 24.4 Å². The number of nitrogens with zero attached hydrogens (tertiary/aromatic N) is 2. The maximum atomic E-state index is 13.9. The number of benzene rings is 1. The van der Waals surface area contributed by atoms with Crippen LogP contribution in [0, 0.1) is 11.3 Å². The number of ether oxygens (including phenoxy) is 2. The number of cyclic esters (lactones) is 1. The maximum absolute atomic E-state index is 13.9. The molecule has 8 nitrogen and oxygen atoms in total. The highest BCUT2D eigenvalue weighted by atomic mass is 16.5. The molecule has 1 aliphatic carbocycles. The lowest BCUT2D eigenvalue weighted by Gasteiger charge is -2.30. The first-order valence-corrected chi connectivity index (χ1v) is 14.5. The molecule has 3 aliphatic rings. The van der Waals surface area contributed by atoms with Crippen LogP contribution in [0.1, 0.15) is 76.8 Å². The largest absolute Gasteiger partial charge is 0.472 e. The highest BCUT2D eigenvalue weighted by Gasteiger charge is 2.43. The molecule has 1 saturated heterocycles. The van der Waals surface area contributed by atoms with E-state index in [4.69, 9.17) is 9.47 Å². The minimum absolute atomic E-state index is 0.0292. The fraction of sp³-hybridized carbons (Fsp3) is 0.613. The van der Waals surface area contributed by atoms with Crippen molar-refractivity contribution in [3.8, 4) is 5.88 Å². The van der Waals surface area contributed by atoms with Crippen LogP contribution in [0.2, 0.25) is 0 Å². The van der Waals surface area contributed by atoms with E-state index in [1.54, 1.807) is 11.1 Å². The second kappa shape index (κ2) is 11.5. The Hall–Kier alpha value is -3.16. The molecule has 0 spiro atoms. The molecule has 1 aromatic carbocycles. The first kappa shape index (κ1) is 27.4. The van der Waals surface area contributed by atoms with Crippen molar-refractivity contribution in [3.05, 3.63) is 35.5 Å². The number of amides is 2. The molecular weight excluding hydrogens is 494 g/mol. The van der Waals surface area contributed by atoms with Gasteiger partial charge in [-0.05, 0) is 78.5 Å². The summed E-state index contributed by atoms with van der Waals surface area (Å²) in [6.45, 7) is 6.90. The molecule has 0 unspecified atom stereocenters. The third kappa shape index (κ3) is 6.04. The minimum atomic E-state index is -0.714. The minimum Gasteiger partial charge on any atom is -0.472 e. The molecule has 5 rings (SSSR count). The molecule has 1 saturated carbocycles. The highest BCUT2D eigenvalue weighted by molar-refractivity contribution is 5.91. The van der Waals surface area contributed by atoms with Crippen molar-refractivity contribution in [2.45, 2.75) is 96.7 Å². The predicted molar refractivity (Wildman–Crippen MR) is 149 cm³/mol. The zero-order valence-electron chi connectivity index (χ0n) is 23.4. The average Bonchev–Trinajstić information content (AvgIpc) is 3.60. The summed E-state index contributed by atoms with van der Waals surface area (Å²) in [6, 6.07) is 5.14. The zero-order chi connectivity index (χ0) is 27.6. The quantitative estimate of drug-likeness (QED) is 0.556. The molecule has 39 heavy (non-hydrogen) atoms. The van der Waals surface area contributed by atoms with E-state index in [1.807, 2.05) is 6.07 Å². The molecule has 1 aromatic heterocycles. The van der Waals surface area contributed by atoms with Crippen LogP contribution in [0.25, 0.3) is 10.8 Å².